The summed E-state index contributed by atoms with van der Waals surface area (Å²) in [5.74, 6) is 4.98. The van der Waals surface area contributed by atoms with Crippen molar-refractivity contribution in [3.8, 4) is 0 Å². The van der Waals surface area contributed by atoms with Gasteiger partial charge in [0.15, 0.2) is 0 Å². The van der Waals surface area contributed by atoms with E-state index >= 15 is 0 Å². The van der Waals surface area contributed by atoms with Crippen LogP contribution in [0, 0.1) is 5.82 Å². The van der Waals surface area contributed by atoms with Gasteiger partial charge in [-0.3, -0.25) is 4.90 Å². The molecule has 1 aromatic rings. The third-order valence-corrected chi connectivity index (χ3v) is 6.45. The molecule has 0 N–H and O–H groups in total. The average Bonchev–Trinajstić information content (AvgIpc) is 2.77. The minimum Gasteiger partial charge on any atom is -0.295 e. The Hall–Kier alpha value is -0.450. The van der Waals surface area contributed by atoms with E-state index in [0.29, 0.717) is 0 Å². The first-order valence-corrected chi connectivity index (χ1v) is 9.48. The van der Waals surface area contributed by atoms with Crippen LogP contribution in [-0.4, -0.2) is 47.0 Å². The SMILES string of the molecule is Fc1ccc(C2=CCN(C3CSCCSC3)CC2)cc1. The Morgan fingerprint density at radius 3 is 2.35 bits per heavy atom. The lowest BCUT2D eigenvalue weighted by Gasteiger charge is -2.33. The highest BCUT2D eigenvalue weighted by Crippen LogP contribution is 2.26. The van der Waals surface area contributed by atoms with Crippen LogP contribution in [0.1, 0.15) is 12.0 Å². The van der Waals surface area contributed by atoms with Crippen molar-refractivity contribution in [3.05, 3.63) is 41.7 Å². The van der Waals surface area contributed by atoms with Gasteiger partial charge in [-0.2, -0.15) is 23.5 Å². The van der Waals surface area contributed by atoms with Crippen LogP contribution in [0.3, 0.4) is 0 Å². The third-order valence-electron chi connectivity index (χ3n) is 3.96. The van der Waals surface area contributed by atoms with Gasteiger partial charge < -0.3 is 0 Å². The van der Waals surface area contributed by atoms with Crippen molar-refractivity contribution in [1.29, 1.82) is 0 Å². The molecule has 20 heavy (non-hydrogen) atoms. The fourth-order valence-electron chi connectivity index (χ4n) is 2.76. The van der Waals surface area contributed by atoms with Crippen LogP contribution in [0.4, 0.5) is 4.39 Å². The van der Waals surface area contributed by atoms with Gasteiger partial charge in [-0.25, -0.2) is 4.39 Å². The molecule has 0 aliphatic carbocycles. The second kappa shape index (κ2) is 7.01. The van der Waals surface area contributed by atoms with Gasteiger partial charge in [0.2, 0.25) is 0 Å². The molecular formula is C16H20FNS2. The summed E-state index contributed by atoms with van der Waals surface area (Å²) in [6.45, 7) is 2.17. The van der Waals surface area contributed by atoms with Gasteiger partial charge in [0.25, 0.3) is 0 Å². The number of nitrogens with zero attached hydrogens (tertiary/aromatic N) is 1. The van der Waals surface area contributed by atoms with E-state index in [4.69, 9.17) is 0 Å². The van der Waals surface area contributed by atoms with Crippen LogP contribution >= 0.6 is 23.5 Å². The average molecular weight is 309 g/mol. The molecule has 1 nitrogen and oxygen atoms in total. The molecule has 2 heterocycles. The first-order valence-electron chi connectivity index (χ1n) is 7.17. The maximum absolute atomic E-state index is 13.0. The first-order chi connectivity index (χ1) is 9.83. The van der Waals surface area contributed by atoms with E-state index in [1.54, 1.807) is 12.1 Å². The van der Waals surface area contributed by atoms with Crippen LogP contribution in [0.2, 0.25) is 0 Å². The number of benzene rings is 1. The molecule has 4 heteroatoms. The smallest absolute Gasteiger partial charge is 0.123 e. The molecule has 1 aromatic carbocycles. The van der Waals surface area contributed by atoms with Gasteiger partial charge >= 0.3 is 0 Å². The van der Waals surface area contributed by atoms with Crippen LogP contribution in [0.25, 0.3) is 5.57 Å². The maximum Gasteiger partial charge on any atom is 0.123 e. The van der Waals surface area contributed by atoms with E-state index in [2.05, 4.69) is 34.5 Å². The normalized spacial score (nSPS) is 22.4. The zero-order chi connectivity index (χ0) is 13.8. The van der Waals surface area contributed by atoms with Gasteiger partial charge in [-0.15, -0.1) is 0 Å². The maximum atomic E-state index is 13.0. The molecule has 2 aliphatic rings. The highest BCUT2D eigenvalue weighted by atomic mass is 32.2. The summed E-state index contributed by atoms with van der Waals surface area (Å²) in [7, 11) is 0. The minimum atomic E-state index is -0.153. The van der Waals surface area contributed by atoms with Crippen LogP contribution in [0.5, 0.6) is 0 Å². The third kappa shape index (κ3) is 3.60. The largest absolute Gasteiger partial charge is 0.295 e. The molecule has 0 unspecified atom stereocenters. The number of hydrogen-bond acceptors (Lipinski definition) is 3. The van der Waals surface area contributed by atoms with Crippen molar-refractivity contribution in [2.45, 2.75) is 12.5 Å². The fraction of sp³-hybridized carbons (Fsp3) is 0.500. The van der Waals surface area contributed by atoms with Crippen LogP contribution in [-0.2, 0) is 0 Å². The van der Waals surface area contributed by atoms with Crippen molar-refractivity contribution in [1.82, 2.24) is 4.90 Å². The first kappa shape index (κ1) is 14.5. The van der Waals surface area contributed by atoms with Crippen molar-refractivity contribution in [2.75, 3.05) is 36.1 Å². The highest BCUT2D eigenvalue weighted by Gasteiger charge is 2.22. The lowest BCUT2D eigenvalue weighted by Crippen LogP contribution is -2.41. The second-order valence-electron chi connectivity index (χ2n) is 5.28. The van der Waals surface area contributed by atoms with E-state index < -0.39 is 0 Å². The molecule has 1 saturated heterocycles. The molecular weight excluding hydrogens is 289 g/mol. The van der Waals surface area contributed by atoms with E-state index in [0.717, 1.165) is 25.6 Å². The highest BCUT2D eigenvalue weighted by molar-refractivity contribution is 8.03. The molecule has 0 radical (unpaired) electrons. The van der Waals surface area contributed by atoms with Crippen molar-refractivity contribution in [2.24, 2.45) is 0 Å². The van der Waals surface area contributed by atoms with Gasteiger partial charge in [-0.1, -0.05) is 18.2 Å². The molecule has 3 rings (SSSR count). The molecule has 0 aromatic heterocycles. The van der Waals surface area contributed by atoms with E-state index in [9.17, 15) is 4.39 Å². The summed E-state index contributed by atoms with van der Waals surface area (Å²) < 4.78 is 13.0. The predicted molar refractivity (Wildman–Crippen MR) is 89.0 cm³/mol. The number of rotatable bonds is 2. The minimum absolute atomic E-state index is 0.153. The van der Waals surface area contributed by atoms with Crippen molar-refractivity contribution in [3.63, 3.8) is 0 Å². The lowest BCUT2D eigenvalue weighted by atomic mass is 9.99. The Kier molecular flexibility index (Phi) is 5.08. The summed E-state index contributed by atoms with van der Waals surface area (Å²) in [5, 5.41) is 0. The molecule has 0 spiro atoms. The molecule has 0 bridgehead atoms. The number of hydrogen-bond donors (Lipinski definition) is 0. The molecule has 0 saturated carbocycles. The van der Waals surface area contributed by atoms with Gasteiger partial charge in [0.1, 0.15) is 5.82 Å². The molecule has 2 aliphatic heterocycles. The van der Waals surface area contributed by atoms with E-state index in [1.165, 1.54) is 34.1 Å². The quantitative estimate of drug-likeness (QED) is 0.819. The molecule has 0 atom stereocenters. The standard InChI is InChI=1S/C16H20FNS2/c17-15-3-1-13(2-4-15)14-5-7-18(8-6-14)16-11-19-9-10-20-12-16/h1-5,16H,6-12H2. The molecule has 0 amide bonds. The Morgan fingerprint density at radius 2 is 1.75 bits per heavy atom. The van der Waals surface area contributed by atoms with Gasteiger partial charge in [0.05, 0.1) is 0 Å². The number of halogens is 1. The Morgan fingerprint density at radius 1 is 1.05 bits per heavy atom. The molecule has 1 fully saturated rings. The molecule has 108 valence electrons. The van der Waals surface area contributed by atoms with Crippen LogP contribution in [0.15, 0.2) is 30.3 Å². The predicted octanol–water partition coefficient (Wildman–Crippen LogP) is 3.76. The van der Waals surface area contributed by atoms with Crippen molar-refractivity contribution >= 4 is 29.1 Å². The van der Waals surface area contributed by atoms with Gasteiger partial charge in [0, 0.05) is 42.1 Å². The Labute approximate surface area is 129 Å². The summed E-state index contributed by atoms with van der Waals surface area (Å²) >= 11 is 4.18. The zero-order valence-corrected chi connectivity index (χ0v) is 13.2. The fourth-order valence-corrected chi connectivity index (χ4v) is 5.39. The van der Waals surface area contributed by atoms with E-state index in [-0.39, 0.29) is 5.82 Å². The monoisotopic (exact) mass is 309 g/mol. The zero-order valence-electron chi connectivity index (χ0n) is 11.6. The summed E-state index contributed by atoms with van der Waals surface area (Å²) in [5.41, 5.74) is 2.55. The van der Waals surface area contributed by atoms with E-state index in [1.807, 2.05) is 12.1 Å². The topological polar surface area (TPSA) is 3.24 Å². The van der Waals surface area contributed by atoms with Gasteiger partial charge in [-0.05, 0) is 29.7 Å². The summed E-state index contributed by atoms with van der Waals surface area (Å²) in [4.78, 5) is 2.61. The van der Waals surface area contributed by atoms with Crippen molar-refractivity contribution < 1.29 is 4.39 Å². The lowest BCUT2D eigenvalue weighted by molar-refractivity contribution is 0.253. The Bertz CT molecular complexity index is 464. The van der Waals surface area contributed by atoms with Crippen LogP contribution < -0.4 is 0 Å². The number of thioether (sulfide) groups is 2. The summed E-state index contributed by atoms with van der Waals surface area (Å²) in [6.07, 6.45) is 3.41. The second-order valence-corrected chi connectivity index (χ2v) is 7.58. The summed E-state index contributed by atoms with van der Waals surface area (Å²) in [6, 6.07) is 7.63. The Balaban J connectivity index is 1.63.